The summed E-state index contributed by atoms with van der Waals surface area (Å²) in [4.78, 5) is 11.1. The predicted molar refractivity (Wildman–Crippen MR) is 88.0 cm³/mol. The zero-order chi connectivity index (χ0) is 16.3. The summed E-state index contributed by atoms with van der Waals surface area (Å²) < 4.78 is 4.59. The van der Waals surface area contributed by atoms with E-state index in [4.69, 9.17) is 0 Å². The van der Waals surface area contributed by atoms with Crippen molar-refractivity contribution in [2.75, 3.05) is 7.11 Å². The van der Waals surface area contributed by atoms with E-state index < -0.39 is 0 Å². The van der Waals surface area contributed by atoms with Crippen LogP contribution in [0, 0.1) is 35.5 Å². The van der Waals surface area contributed by atoms with Gasteiger partial charge in [-0.15, -0.1) is 0 Å². The van der Waals surface area contributed by atoms with Gasteiger partial charge in [-0.3, -0.25) is 0 Å². The summed E-state index contributed by atoms with van der Waals surface area (Å²) in [6, 6.07) is 0. The fourth-order valence-electron chi connectivity index (χ4n) is 4.20. The summed E-state index contributed by atoms with van der Waals surface area (Å²) in [6.07, 6.45) is 12.8. The number of aliphatic hydroxyl groups excluding tert-OH is 1. The van der Waals surface area contributed by atoms with Gasteiger partial charge in [-0.1, -0.05) is 51.2 Å². The SMILES string of the molecule is COC(=O)C=CC=CC1C(C)C=CC2CC(C)C(O)C(C)C21. The standard InChI is InChI=1S/C19H28O3/c1-12-9-10-15-11-13(2)19(21)14(3)18(15)16(12)7-5-6-8-17(20)22-4/h5-10,12-16,18-19,21H,11H2,1-4H3. The molecule has 3 heteroatoms. The molecule has 2 aliphatic carbocycles. The van der Waals surface area contributed by atoms with Crippen LogP contribution in [0.2, 0.25) is 0 Å². The number of hydrogen-bond donors (Lipinski definition) is 1. The number of esters is 1. The number of aliphatic hydroxyl groups is 1. The molecule has 0 aliphatic heterocycles. The van der Waals surface area contributed by atoms with Crippen molar-refractivity contribution in [3.05, 3.63) is 36.5 Å². The molecule has 2 rings (SSSR count). The van der Waals surface area contributed by atoms with Gasteiger partial charge in [0.25, 0.3) is 0 Å². The highest BCUT2D eigenvalue weighted by Gasteiger charge is 2.44. The van der Waals surface area contributed by atoms with E-state index in [2.05, 4.69) is 43.7 Å². The minimum Gasteiger partial charge on any atom is -0.466 e. The summed E-state index contributed by atoms with van der Waals surface area (Å²) >= 11 is 0. The van der Waals surface area contributed by atoms with Gasteiger partial charge in [0.15, 0.2) is 0 Å². The lowest BCUT2D eigenvalue weighted by molar-refractivity contribution is -0.134. The first-order valence-electron chi connectivity index (χ1n) is 8.25. The Morgan fingerprint density at radius 2 is 1.95 bits per heavy atom. The van der Waals surface area contributed by atoms with Crippen LogP contribution in [0.25, 0.3) is 0 Å². The normalized spacial score (nSPS) is 41.8. The minimum atomic E-state index is -0.339. The monoisotopic (exact) mass is 304 g/mol. The Kier molecular flexibility index (Phi) is 5.63. The van der Waals surface area contributed by atoms with Gasteiger partial charge in [0.2, 0.25) is 0 Å². The molecule has 0 aromatic rings. The van der Waals surface area contributed by atoms with Crippen molar-refractivity contribution in [1.29, 1.82) is 0 Å². The summed E-state index contributed by atoms with van der Waals surface area (Å²) in [5.74, 6) is 2.17. The largest absolute Gasteiger partial charge is 0.466 e. The molecule has 7 atom stereocenters. The number of ether oxygens (including phenoxy) is 1. The molecule has 0 bridgehead atoms. The molecule has 0 spiro atoms. The molecule has 7 unspecified atom stereocenters. The maximum absolute atomic E-state index is 11.1. The molecule has 1 saturated carbocycles. The molecule has 2 aliphatic rings. The smallest absolute Gasteiger partial charge is 0.330 e. The van der Waals surface area contributed by atoms with Gasteiger partial charge in [0, 0.05) is 6.08 Å². The third-order valence-corrected chi connectivity index (χ3v) is 5.46. The highest BCUT2D eigenvalue weighted by atomic mass is 16.5. The van der Waals surface area contributed by atoms with Gasteiger partial charge in [0.05, 0.1) is 13.2 Å². The van der Waals surface area contributed by atoms with Crippen molar-refractivity contribution < 1.29 is 14.6 Å². The quantitative estimate of drug-likeness (QED) is 0.376. The molecular weight excluding hydrogens is 276 g/mol. The highest BCUT2D eigenvalue weighted by molar-refractivity contribution is 5.82. The summed E-state index contributed by atoms with van der Waals surface area (Å²) in [6.45, 7) is 6.55. The second-order valence-electron chi connectivity index (χ2n) is 6.89. The molecule has 0 heterocycles. The lowest BCUT2D eigenvalue weighted by atomic mass is 9.58. The number of allylic oxidation sites excluding steroid dienone is 5. The molecule has 0 saturated heterocycles. The number of carbonyl (C=O) groups is 1. The van der Waals surface area contributed by atoms with E-state index in [1.54, 1.807) is 6.08 Å². The Bertz CT molecular complexity index is 477. The van der Waals surface area contributed by atoms with Crippen LogP contribution in [0.1, 0.15) is 27.2 Å². The number of carbonyl (C=O) groups excluding carboxylic acids is 1. The van der Waals surface area contributed by atoms with E-state index in [0.717, 1.165) is 6.42 Å². The zero-order valence-electron chi connectivity index (χ0n) is 14.0. The van der Waals surface area contributed by atoms with Crippen molar-refractivity contribution in [1.82, 2.24) is 0 Å². The Morgan fingerprint density at radius 3 is 2.64 bits per heavy atom. The second-order valence-corrected chi connectivity index (χ2v) is 6.89. The van der Waals surface area contributed by atoms with Crippen LogP contribution in [0.15, 0.2) is 36.5 Å². The predicted octanol–water partition coefficient (Wildman–Crippen LogP) is 3.36. The third-order valence-electron chi connectivity index (χ3n) is 5.46. The van der Waals surface area contributed by atoms with Crippen molar-refractivity contribution >= 4 is 5.97 Å². The average molecular weight is 304 g/mol. The van der Waals surface area contributed by atoms with Crippen molar-refractivity contribution in [3.8, 4) is 0 Å². The van der Waals surface area contributed by atoms with Crippen molar-refractivity contribution in [2.45, 2.75) is 33.3 Å². The van der Waals surface area contributed by atoms with Gasteiger partial charge in [-0.05, 0) is 41.9 Å². The first-order valence-corrected chi connectivity index (χ1v) is 8.25. The van der Waals surface area contributed by atoms with Gasteiger partial charge in [-0.2, -0.15) is 0 Å². The maximum Gasteiger partial charge on any atom is 0.330 e. The molecule has 1 N–H and O–H groups in total. The van der Waals surface area contributed by atoms with Crippen molar-refractivity contribution in [2.24, 2.45) is 35.5 Å². The Labute approximate surface area is 133 Å². The summed E-state index contributed by atoms with van der Waals surface area (Å²) in [5.41, 5.74) is 0. The molecule has 1 fully saturated rings. The van der Waals surface area contributed by atoms with Crippen LogP contribution in [-0.4, -0.2) is 24.3 Å². The second kappa shape index (κ2) is 7.28. The van der Waals surface area contributed by atoms with Gasteiger partial charge < -0.3 is 9.84 Å². The Hall–Kier alpha value is -1.35. The van der Waals surface area contributed by atoms with Crippen LogP contribution in [-0.2, 0) is 9.53 Å². The average Bonchev–Trinajstić information content (AvgIpc) is 2.51. The third kappa shape index (κ3) is 3.52. The van der Waals surface area contributed by atoms with E-state index in [9.17, 15) is 9.90 Å². The van der Waals surface area contributed by atoms with E-state index >= 15 is 0 Å². The van der Waals surface area contributed by atoms with E-state index in [1.807, 2.05) is 6.08 Å². The molecule has 22 heavy (non-hydrogen) atoms. The summed E-state index contributed by atoms with van der Waals surface area (Å²) in [5, 5.41) is 10.4. The minimum absolute atomic E-state index is 0.221. The van der Waals surface area contributed by atoms with E-state index in [1.165, 1.54) is 13.2 Å². The number of methoxy groups -OCH3 is 1. The van der Waals surface area contributed by atoms with Crippen LogP contribution in [0.3, 0.4) is 0 Å². The summed E-state index contributed by atoms with van der Waals surface area (Å²) in [7, 11) is 1.38. The molecule has 0 amide bonds. The van der Waals surface area contributed by atoms with Crippen LogP contribution in [0.4, 0.5) is 0 Å². The van der Waals surface area contributed by atoms with Crippen molar-refractivity contribution in [3.63, 3.8) is 0 Å². The van der Waals surface area contributed by atoms with Gasteiger partial charge in [-0.25, -0.2) is 4.79 Å². The molecule has 0 aromatic heterocycles. The van der Waals surface area contributed by atoms with E-state index in [0.29, 0.717) is 35.5 Å². The lowest BCUT2D eigenvalue weighted by Crippen LogP contribution is -2.46. The van der Waals surface area contributed by atoms with Crippen LogP contribution < -0.4 is 0 Å². The number of rotatable bonds is 3. The molecule has 122 valence electrons. The molecule has 0 aromatic carbocycles. The molecular formula is C19H28O3. The van der Waals surface area contributed by atoms with Crippen LogP contribution >= 0.6 is 0 Å². The topological polar surface area (TPSA) is 46.5 Å². The zero-order valence-corrected chi connectivity index (χ0v) is 14.0. The first kappa shape index (κ1) is 17.0. The fraction of sp³-hybridized carbons (Fsp3) is 0.632. The van der Waals surface area contributed by atoms with Gasteiger partial charge >= 0.3 is 5.97 Å². The fourth-order valence-corrected chi connectivity index (χ4v) is 4.20. The van der Waals surface area contributed by atoms with Gasteiger partial charge in [0.1, 0.15) is 0 Å². The van der Waals surface area contributed by atoms with Crippen LogP contribution in [0.5, 0.6) is 0 Å². The number of hydrogen-bond acceptors (Lipinski definition) is 3. The lowest BCUT2D eigenvalue weighted by Gasteiger charge is -2.48. The molecule has 0 radical (unpaired) electrons. The number of fused-ring (bicyclic) bond motifs is 1. The highest BCUT2D eigenvalue weighted by Crippen LogP contribution is 2.48. The Morgan fingerprint density at radius 1 is 1.23 bits per heavy atom. The first-order chi connectivity index (χ1) is 10.5. The van der Waals surface area contributed by atoms with E-state index in [-0.39, 0.29) is 12.1 Å². The Balaban J connectivity index is 2.15. The molecule has 3 nitrogen and oxygen atoms in total. The maximum atomic E-state index is 11.1.